The minimum absolute atomic E-state index is 0.0861. The number of benzene rings is 1. The van der Waals surface area contributed by atoms with Crippen molar-refractivity contribution in [3.05, 3.63) is 53.1 Å². The summed E-state index contributed by atoms with van der Waals surface area (Å²) in [5.74, 6) is -0.154. The molecule has 0 bridgehead atoms. The minimum Gasteiger partial charge on any atom is -0.376 e. The maximum Gasteiger partial charge on any atom is 0.270 e. The van der Waals surface area contributed by atoms with Crippen LogP contribution in [0.1, 0.15) is 34.6 Å². The fourth-order valence-electron chi connectivity index (χ4n) is 2.65. The molecule has 2 heterocycles. The first-order chi connectivity index (χ1) is 12.1. The van der Waals surface area contributed by atoms with E-state index in [1.807, 2.05) is 6.92 Å². The number of nitrogens with zero attached hydrogens (tertiary/aromatic N) is 2. The van der Waals surface area contributed by atoms with Gasteiger partial charge in [0.25, 0.3) is 5.91 Å². The fourth-order valence-corrected chi connectivity index (χ4v) is 2.65. The summed E-state index contributed by atoms with van der Waals surface area (Å²) in [5, 5.41) is 5.92. The van der Waals surface area contributed by atoms with Crippen LogP contribution >= 0.6 is 0 Å². The molecule has 1 saturated heterocycles. The smallest absolute Gasteiger partial charge is 0.270 e. The summed E-state index contributed by atoms with van der Waals surface area (Å²) in [6.07, 6.45) is 2.08. The average molecular weight is 344 g/mol. The Hall–Kier alpha value is -2.54. The summed E-state index contributed by atoms with van der Waals surface area (Å²) in [7, 11) is 0. The van der Waals surface area contributed by atoms with Crippen molar-refractivity contribution in [3.8, 4) is 0 Å². The zero-order chi connectivity index (χ0) is 17.6. The molecular weight excluding hydrogens is 323 g/mol. The number of ether oxygens (including phenoxy) is 1. The van der Waals surface area contributed by atoms with Crippen LogP contribution < -0.4 is 10.6 Å². The van der Waals surface area contributed by atoms with E-state index in [9.17, 15) is 9.18 Å². The second kappa shape index (κ2) is 8.02. The van der Waals surface area contributed by atoms with Crippen LogP contribution in [-0.4, -0.2) is 35.1 Å². The van der Waals surface area contributed by atoms with E-state index < -0.39 is 0 Å². The number of nitrogens with one attached hydrogen (secondary N) is 2. The Morgan fingerprint density at radius 2 is 2.12 bits per heavy atom. The van der Waals surface area contributed by atoms with Crippen molar-refractivity contribution < 1.29 is 13.9 Å². The number of aromatic nitrogens is 2. The van der Waals surface area contributed by atoms with Crippen LogP contribution in [0.5, 0.6) is 0 Å². The number of hydrogen-bond acceptors (Lipinski definition) is 5. The van der Waals surface area contributed by atoms with E-state index in [1.165, 1.54) is 12.1 Å². The third-order valence-corrected chi connectivity index (χ3v) is 3.97. The Kier molecular flexibility index (Phi) is 5.55. The van der Waals surface area contributed by atoms with Crippen LogP contribution in [0.25, 0.3) is 0 Å². The van der Waals surface area contributed by atoms with Gasteiger partial charge in [0.05, 0.1) is 6.10 Å². The summed E-state index contributed by atoms with van der Waals surface area (Å²) in [6.45, 7) is 3.49. The van der Waals surface area contributed by atoms with E-state index in [0.717, 1.165) is 25.0 Å². The molecule has 1 atom stereocenters. The molecule has 3 rings (SSSR count). The summed E-state index contributed by atoms with van der Waals surface area (Å²) in [5.41, 5.74) is 1.90. The van der Waals surface area contributed by atoms with Gasteiger partial charge in [-0.2, -0.15) is 0 Å². The second-order valence-electron chi connectivity index (χ2n) is 6.04. The quantitative estimate of drug-likeness (QED) is 0.842. The second-order valence-corrected chi connectivity index (χ2v) is 6.04. The molecule has 1 aromatic carbocycles. The number of aryl methyl sites for hydroxylation is 1. The SMILES string of the molecule is Cc1cc(C(=O)NCC2CCCO2)nc(NCc2ccc(F)cc2)n1. The first kappa shape index (κ1) is 17.3. The van der Waals surface area contributed by atoms with E-state index >= 15 is 0 Å². The summed E-state index contributed by atoms with van der Waals surface area (Å²) >= 11 is 0. The number of carbonyl (C=O) groups is 1. The standard InChI is InChI=1S/C18H21FN4O2/c1-12-9-16(17(24)20-11-15-3-2-8-25-15)23-18(22-12)21-10-13-4-6-14(19)7-5-13/h4-7,9,15H,2-3,8,10-11H2,1H3,(H,20,24)(H,21,22,23). The number of rotatable bonds is 6. The van der Waals surface area contributed by atoms with E-state index in [-0.39, 0.29) is 17.8 Å². The van der Waals surface area contributed by atoms with Crippen molar-refractivity contribution in [2.24, 2.45) is 0 Å². The molecule has 0 spiro atoms. The van der Waals surface area contributed by atoms with Crippen LogP contribution in [0.3, 0.4) is 0 Å². The van der Waals surface area contributed by atoms with E-state index in [2.05, 4.69) is 20.6 Å². The van der Waals surface area contributed by atoms with Crippen molar-refractivity contribution in [1.82, 2.24) is 15.3 Å². The van der Waals surface area contributed by atoms with Crippen LogP contribution in [0.15, 0.2) is 30.3 Å². The van der Waals surface area contributed by atoms with Crippen molar-refractivity contribution in [1.29, 1.82) is 0 Å². The first-order valence-electron chi connectivity index (χ1n) is 8.34. The van der Waals surface area contributed by atoms with Crippen LogP contribution in [0.2, 0.25) is 0 Å². The molecule has 6 nitrogen and oxygen atoms in total. The number of halogens is 1. The lowest BCUT2D eigenvalue weighted by Crippen LogP contribution is -2.32. The molecule has 0 radical (unpaired) electrons. The van der Waals surface area contributed by atoms with Crippen molar-refractivity contribution in [2.45, 2.75) is 32.4 Å². The van der Waals surface area contributed by atoms with Gasteiger partial charge in [0.15, 0.2) is 0 Å². The molecule has 1 aliphatic rings. The topological polar surface area (TPSA) is 76.1 Å². The van der Waals surface area contributed by atoms with Gasteiger partial charge in [0.1, 0.15) is 11.5 Å². The Morgan fingerprint density at radius 3 is 2.84 bits per heavy atom. The van der Waals surface area contributed by atoms with Gasteiger partial charge in [-0.1, -0.05) is 12.1 Å². The first-order valence-corrected chi connectivity index (χ1v) is 8.34. The fraction of sp³-hybridized carbons (Fsp3) is 0.389. The van der Waals surface area contributed by atoms with Crippen LogP contribution in [0.4, 0.5) is 10.3 Å². The highest BCUT2D eigenvalue weighted by Crippen LogP contribution is 2.12. The van der Waals surface area contributed by atoms with Gasteiger partial charge in [0.2, 0.25) is 5.95 Å². The number of hydrogen-bond donors (Lipinski definition) is 2. The average Bonchev–Trinajstić information content (AvgIpc) is 3.12. The Labute approximate surface area is 145 Å². The van der Waals surface area contributed by atoms with Gasteiger partial charge in [-0.25, -0.2) is 14.4 Å². The summed E-state index contributed by atoms with van der Waals surface area (Å²) in [4.78, 5) is 20.8. The predicted molar refractivity (Wildman–Crippen MR) is 91.8 cm³/mol. The van der Waals surface area contributed by atoms with Gasteiger partial charge >= 0.3 is 0 Å². The Morgan fingerprint density at radius 1 is 1.32 bits per heavy atom. The molecule has 2 aromatic rings. The largest absolute Gasteiger partial charge is 0.376 e. The van der Waals surface area contributed by atoms with Gasteiger partial charge in [-0.05, 0) is 43.5 Å². The van der Waals surface area contributed by atoms with Gasteiger partial charge in [-0.15, -0.1) is 0 Å². The van der Waals surface area contributed by atoms with Gasteiger partial charge in [-0.3, -0.25) is 4.79 Å². The molecule has 2 N–H and O–H groups in total. The summed E-state index contributed by atoms with van der Waals surface area (Å²) < 4.78 is 18.4. The molecule has 0 aliphatic carbocycles. The molecule has 1 amide bonds. The predicted octanol–water partition coefficient (Wildman–Crippen LogP) is 2.45. The summed E-state index contributed by atoms with van der Waals surface area (Å²) in [6, 6.07) is 7.82. The van der Waals surface area contributed by atoms with Crippen molar-refractivity contribution in [3.63, 3.8) is 0 Å². The van der Waals surface area contributed by atoms with E-state index in [0.29, 0.717) is 30.4 Å². The maximum absolute atomic E-state index is 12.9. The third-order valence-electron chi connectivity index (χ3n) is 3.97. The van der Waals surface area contributed by atoms with Gasteiger partial charge < -0.3 is 15.4 Å². The van der Waals surface area contributed by atoms with Crippen molar-refractivity contribution >= 4 is 11.9 Å². The zero-order valence-corrected chi connectivity index (χ0v) is 14.1. The number of amides is 1. The molecule has 1 aromatic heterocycles. The third kappa shape index (κ3) is 4.96. The Balaban J connectivity index is 1.60. The molecular formula is C18H21FN4O2. The monoisotopic (exact) mass is 344 g/mol. The van der Waals surface area contributed by atoms with Crippen molar-refractivity contribution in [2.75, 3.05) is 18.5 Å². The van der Waals surface area contributed by atoms with E-state index in [1.54, 1.807) is 18.2 Å². The van der Waals surface area contributed by atoms with E-state index in [4.69, 9.17) is 4.74 Å². The lowest BCUT2D eigenvalue weighted by molar-refractivity contribution is 0.0853. The zero-order valence-electron chi connectivity index (χ0n) is 14.1. The number of carbonyl (C=O) groups excluding carboxylic acids is 1. The maximum atomic E-state index is 12.9. The Bertz CT molecular complexity index is 730. The molecule has 132 valence electrons. The lowest BCUT2D eigenvalue weighted by atomic mass is 10.2. The molecule has 1 fully saturated rings. The highest BCUT2D eigenvalue weighted by molar-refractivity contribution is 5.92. The minimum atomic E-state index is -0.277. The lowest BCUT2D eigenvalue weighted by Gasteiger charge is -2.11. The molecule has 1 unspecified atom stereocenters. The molecule has 25 heavy (non-hydrogen) atoms. The highest BCUT2D eigenvalue weighted by atomic mass is 19.1. The van der Waals surface area contributed by atoms with Crippen LogP contribution in [-0.2, 0) is 11.3 Å². The normalized spacial score (nSPS) is 16.6. The van der Waals surface area contributed by atoms with Crippen LogP contribution in [0, 0.1) is 12.7 Å². The molecule has 7 heteroatoms. The molecule has 1 aliphatic heterocycles. The van der Waals surface area contributed by atoms with Gasteiger partial charge in [0, 0.05) is 25.4 Å². The molecule has 0 saturated carbocycles. The highest BCUT2D eigenvalue weighted by Gasteiger charge is 2.17. The number of anilines is 1.